The predicted octanol–water partition coefficient (Wildman–Crippen LogP) is 1.15. The van der Waals surface area contributed by atoms with Crippen LogP contribution < -0.4 is 0 Å². The fourth-order valence-electron chi connectivity index (χ4n) is 3.28. The van der Waals surface area contributed by atoms with E-state index in [2.05, 4.69) is 9.88 Å². The van der Waals surface area contributed by atoms with Gasteiger partial charge >= 0.3 is 0 Å². The molecule has 1 atom stereocenters. The Kier molecular flexibility index (Phi) is 4.55. The normalized spacial score (nSPS) is 26.1. The van der Waals surface area contributed by atoms with E-state index >= 15 is 0 Å². The summed E-state index contributed by atoms with van der Waals surface area (Å²) >= 11 is 0. The van der Waals surface area contributed by atoms with Gasteiger partial charge in [0.1, 0.15) is 0 Å². The van der Waals surface area contributed by atoms with Crippen LogP contribution in [0.5, 0.6) is 0 Å². The van der Waals surface area contributed by atoms with Gasteiger partial charge in [0, 0.05) is 31.6 Å². The highest BCUT2D eigenvalue weighted by atomic mass is 16.3. The van der Waals surface area contributed by atoms with Crippen LogP contribution in [-0.4, -0.2) is 64.1 Å². The van der Waals surface area contributed by atoms with Crippen LogP contribution in [0.25, 0.3) is 6.08 Å². The average molecular weight is 301 g/mol. The Morgan fingerprint density at radius 2 is 2.18 bits per heavy atom. The highest BCUT2D eigenvalue weighted by Crippen LogP contribution is 2.24. The number of carbonyl (C=O) groups is 1. The molecule has 1 amide bonds. The van der Waals surface area contributed by atoms with E-state index in [1.165, 1.54) is 12.8 Å². The molecule has 0 unspecified atom stereocenters. The molecular formula is C17H23N3O2. The summed E-state index contributed by atoms with van der Waals surface area (Å²) in [6.45, 7) is 3.87. The lowest BCUT2D eigenvalue weighted by molar-refractivity contribution is -0.126. The Balaban J connectivity index is 1.55. The summed E-state index contributed by atoms with van der Waals surface area (Å²) in [4.78, 5) is 20.3. The number of pyridine rings is 1. The molecule has 0 bridgehead atoms. The standard InChI is InChI=1S/C17H23N3O2/c21-16(6-5-15-4-3-8-18-12-15)20-11-7-17(22,14-20)13-19-9-1-2-10-19/h3-6,8,12,22H,1-2,7,9-11,13-14H2/b6-5+/t17-/m0/s1. The van der Waals surface area contributed by atoms with Crippen molar-refractivity contribution in [2.24, 2.45) is 0 Å². The van der Waals surface area contributed by atoms with Crippen LogP contribution in [0.15, 0.2) is 30.6 Å². The summed E-state index contributed by atoms with van der Waals surface area (Å²) in [5.74, 6) is -0.0406. The molecule has 2 aliphatic heterocycles. The average Bonchev–Trinajstić information content (AvgIpc) is 3.16. The second-order valence-corrected chi connectivity index (χ2v) is 6.34. The van der Waals surface area contributed by atoms with Gasteiger partial charge in [-0.1, -0.05) is 6.07 Å². The van der Waals surface area contributed by atoms with Gasteiger partial charge in [-0.25, -0.2) is 0 Å². The van der Waals surface area contributed by atoms with Crippen molar-refractivity contribution in [3.8, 4) is 0 Å². The Morgan fingerprint density at radius 1 is 1.36 bits per heavy atom. The molecule has 3 rings (SSSR count). The van der Waals surface area contributed by atoms with Crippen molar-refractivity contribution in [3.63, 3.8) is 0 Å². The second-order valence-electron chi connectivity index (χ2n) is 6.34. The first kappa shape index (κ1) is 15.2. The van der Waals surface area contributed by atoms with Gasteiger partial charge in [0.05, 0.1) is 12.1 Å². The molecule has 22 heavy (non-hydrogen) atoms. The summed E-state index contributed by atoms with van der Waals surface area (Å²) in [7, 11) is 0. The lowest BCUT2D eigenvalue weighted by atomic mass is 10.0. The van der Waals surface area contributed by atoms with Crippen molar-refractivity contribution in [2.45, 2.75) is 24.9 Å². The van der Waals surface area contributed by atoms with Crippen molar-refractivity contribution in [3.05, 3.63) is 36.2 Å². The maximum atomic E-state index is 12.2. The number of aromatic nitrogens is 1. The molecule has 5 nitrogen and oxygen atoms in total. The van der Waals surface area contributed by atoms with E-state index in [-0.39, 0.29) is 5.91 Å². The zero-order valence-corrected chi connectivity index (χ0v) is 12.8. The van der Waals surface area contributed by atoms with Crippen molar-refractivity contribution in [1.29, 1.82) is 0 Å². The summed E-state index contributed by atoms with van der Waals surface area (Å²) in [6, 6.07) is 3.75. The minimum Gasteiger partial charge on any atom is -0.387 e. The smallest absolute Gasteiger partial charge is 0.246 e. The van der Waals surface area contributed by atoms with Crippen LogP contribution >= 0.6 is 0 Å². The third kappa shape index (κ3) is 3.72. The van der Waals surface area contributed by atoms with E-state index in [9.17, 15) is 9.90 Å². The number of aliphatic hydroxyl groups is 1. The number of β-amino-alcohol motifs (C(OH)–C–C–N with tert-alkyl or cyclic N) is 1. The largest absolute Gasteiger partial charge is 0.387 e. The molecule has 118 valence electrons. The van der Waals surface area contributed by atoms with Gasteiger partial charge in [0.2, 0.25) is 5.91 Å². The van der Waals surface area contributed by atoms with Crippen LogP contribution in [-0.2, 0) is 4.79 Å². The van der Waals surface area contributed by atoms with E-state index < -0.39 is 5.60 Å². The van der Waals surface area contributed by atoms with Crippen molar-refractivity contribution >= 4 is 12.0 Å². The number of nitrogens with zero attached hydrogens (tertiary/aromatic N) is 3. The Labute approximate surface area is 131 Å². The fraction of sp³-hybridized carbons (Fsp3) is 0.529. The van der Waals surface area contributed by atoms with Gasteiger partial charge in [0.15, 0.2) is 0 Å². The summed E-state index contributed by atoms with van der Waals surface area (Å²) < 4.78 is 0. The molecule has 1 N–H and O–H groups in total. The molecule has 2 aliphatic rings. The Bertz CT molecular complexity index is 540. The number of hydrogen-bond acceptors (Lipinski definition) is 4. The molecule has 3 heterocycles. The molecule has 0 aliphatic carbocycles. The lowest BCUT2D eigenvalue weighted by Crippen LogP contribution is -2.44. The highest BCUT2D eigenvalue weighted by Gasteiger charge is 2.39. The van der Waals surface area contributed by atoms with Crippen LogP contribution in [0.2, 0.25) is 0 Å². The van der Waals surface area contributed by atoms with E-state index in [4.69, 9.17) is 0 Å². The minimum absolute atomic E-state index is 0.0406. The molecule has 0 spiro atoms. The number of rotatable bonds is 4. The molecule has 0 aromatic carbocycles. The van der Waals surface area contributed by atoms with E-state index in [1.807, 2.05) is 12.1 Å². The first-order chi connectivity index (χ1) is 10.6. The van der Waals surface area contributed by atoms with Gasteiger partial charge in [0.25, 0.3) is 0 Å². The van der Waals surface area contributed by atoms with Crippen LogP contribution in [0.4, 0.5) is 0 Å². The minimum atomic E-state index is -0.748. The molecule has 0 radical (unpaired) electrons. The summed E-state index contributed by atoms with van der Waals surface area (Å²) in [6.07, 6.45) is 9.86. The topological polar surface area (TPSA) is 56.7 Å². The van der Waals surface area contributed by atoms with Crippen molar-refractivity contribution in [1.82, 2.24) is 14.8 Å². The molecule has 1 aromatic heterocycles. The second kappa shape index (κ2) is 6.58. The summed E-state index contributed by atoms with van der Waals surface area (Å²) in [5.41, 5.74) is 0.157. The Morgan fingerprint density at radius 3 is 2.91 bits per heavy atom. The zero-order chi connectivity index (χ0) is 15.4. The van der Waals surface area contributed by atoms with Gasteiger partial charge in [-0.05, 0) is 50.1 Å². The van der Waals surface area contributed by atoms with Crippen LogP contribution in [0, 0.1) is 0 Å². The van der Waals surface area contributed by atoms with Crippen LogP contribution in [0.1, 0.15) is 24.8 Å². The molecule has 5 heteroatoms. The highest BCUT2D eigenvalue weighted by molar-refractivity contribution is 5.92. The third-order valence-electron chi connectivity index (χ3n) is 4.46. The fourth-order valence-corrected chi connectivity index (χ4v) is 3.28. The summed E-state index contributed by atoms with van der Waals surface area (Å²) in [5, 5.41) is 10.7. The number of amides is 1. The van der Waals surface area contributed by atoms with Gasteiger partial charge in [-0.15, -0.1) is 0 Å². The number of likely N-dealkylation sites (tertiary alicyclic amines) is 2. The van der Waals surface area contributed by atoms with Crippen LogP contribution in [0.3, 0.4) is 0 Å². The number of carbonyl (C=O) groups excluding carboxylic acids is 1. The third-order valence-corrected chi connectivity index (χ3v) is 4.46. The lowest BCUT2D eigenvalue weighted by Gasteiger charge is -2.28. The molecular weight excluding hydrogens is 278 g/mol. The predicted molar refractivity (Wildman–Crippen MR) is 85.1 cm³/mol. The molecule has 2 saturated heterocycles. The molecule has 1 aromatic rings. The monoisotopic (exact) mass is 301 g/mol. The number of hydrogen-bond donors (Lipinski definition) is 1. The first-order valence-corrected chi connectivity index (χ1v) is 7.96. The Hall–Kier alpha value is -1.72. The maximum absolute atomic E-state index is 12.2. The van der Waals surface area contributed by atoms with E-state index in [1.54, 1.807) is 29.4 Å². The van der Waals surface area contributed by atoms with E-state index in [0.717, 1.165) is 18.7 Å². The molecule has 0 saturated carbocycles. The SMILES string of the molecule is O=C(/C=C/c1cccnc1)N1CC[C@](O)(CN2CCCC2)C1. The quantitative estimate of drug-likeness (QED) is 0.848. The van der Waals surface area contributed by atoms with E-state index in [0.29, 0.717) is 26.1 Å². The zero-order valence-electron chi connectivity index (χ0n) is 12.8. The molecule has 2 fully saturated rings. The van der Waals surface area contributed by atoms with Crippen molar-refractivity contribution in [2.75, 3.05) is 32.7 Å². The van der Waals surface area contributed by atoms with Crippen molar-refractivity contribution < 1.29 is 9.90 Å². The van der Waals surface area contributed by atoms with Gasteiger partial charge in [-0.3, -0.25) is 9.78 Å². The van der Waals surface area contributed by atoms with Gasteiger partial charge < -0.3 is 14.9 Å². The maximum Gasteiger partial charge on any atom is 0.246 e. The van der Waals surface area contributed by atoms with Gasteiger partial charge in [-0.2, -0.15) is 0 Å². The first-order valence-electron chi connectivity index (χ1n) is 7.96.